The average Bonchev–Trinajstić information content (AvgIpc) is 2.70. The van der Waals surface area contributed by atoms with Crippen LogP contribution in [0.15, 0.2) is 67.0 Å². The van der Waals surface area contributed by atoms with Crippen LogP contribution in [0.2, 0.25) is 0 Å². The van der Waals surface area contributed by atoms with Gasteiger partial charge in [0.15, 0.2) is 0 Å². The molecule has 142 valence electrons. The fraction of sp³-hybridized carbons (Fsp3) is 0.0952. The van der Waals surface area contributed by atoms with Gasteiger partial charge in [-0.15, -0.1) is 0 Å². The smallest absolute Gasteiger partial charge is 0.257 e. The lowest BCUT2D eigenvalue weighted by atomic mass is 10.2. The third-order valence-electron chi connectivity index (χ3n) is 3.84. The quantitative estimate of drug-likeness (QED) is 0.604. The van der Waals surface area contributed by atoms with Gasteiger partial charge in [0.05, 0.1) is 24.6 Å². The van der Waals surface area contributed by atoms with Gasteiger partial charge in [0.1, 0.15) is 5.75 Å². The van der Waals surface area contributed by atoms with Crippen LogP contribution in [0.4, 0.5) is 22.7 Å². The largest absolute Gasteiger partial charge is 0.497 e. The van der Waals surface area contributed by atoms with E-state index >= 15 is 0 Å². The van der Waals surface area contributed by atoms with E-state index in [2.05, 4.69) is 20.9 Å². The molecule has 0 saturated carbocycles. The zero-order valence-electron chi connectivity index (χ0n) is 15.5. The number of carbonyl (C=O) groups excluding carboxylic acids is 2. The Kier molecular flexibility index (Phi) is 5.86. The van der Waals surface area contributed by atoms with Crippen LogP contribution in [-0.4, -0.2) is 23.9 Å². The lowest BCUT2D eigenvalue weighted by molar-refractivity contribution is -0.114. The highest BCUT2D eigenvalue weighted by molar-refractivity contribution is 6.04. The Labute approximate surface area is 162 Å². The summed E-state index contributed by atoms with van der Waals surface area (Å²) in [6.07, 6.45) is 3.14. The summed E-state index contributed by atoms with van der Waals surface area (Å²) in [5, 5.41) is 8.69. The summed E-state index contributed by atoms with van der Waals surface area (Å²) in [7, 11) is 1.61. The first-order valence-electron chi connectivity index (χ1n) is 8.58. The molecule has 2 amide bonds. The number of nitrogens with one attached hydrogen (secondary N) is 3. The molecule has 0 aliphatic heterocycles. The molecule has 28 heavy (non-hydrogen) atoms. The molecule has 0 radical (unpaired) electrons. The molecule has 0 saturated heterocycles. The third kappa shape index (κ3) is 5.07. The number of benzene rings is 2. The number of ether oxygens (including phenoxy) is 1. The number of nitrogens with zero attached hydrogens (tertiary/aromatic N) is 1. The minimum absolute atomic E-state index is 0.149. The van der Waals surface area contributed by atoms with Crippen molar-refractivity contribution < 1.29 is 14.3 Å². The highest BCUT2D eigenvalue weighted by atomic mass is 16.5. The molecule has 1 aromatic heterocycles. The summed E-state index contributed by atoms with van der Waals surface area (Å²) in [4.78, 5) is 27.7. The molecule has 0 spiro atoms. The molecule has 3 rings (SSSR count). The first-order chi connectivity index (χ1) is 13.5. The number of carbonyl (C=O) groups is 2. The molecule has 7 heteroatoms. The number of rotatable bonds is 6. The van der Waals surface area contributed by atoms with Gasteiger partial charge < -0.3 is 20.7 Å². The molecule has 1 heterocycles. The van der Waals surface area contributed by atoms with Crippen LogP contribution in [0.25, 0.3) is 0 Å². The lowest BCUT2D eigenvalue weighted by Gasteiger charge is -2.10. The Balaban J connectivity index is 1.66. The maximum Gasteiger partial charge on any atom is 0.257 e. The molecule has 0 atom stereocenters. The lowest BCUT2D eigenvalue weighted by Crippen LogP contribution is -2.12. The summed E-state index contributed by atoms with van der Waals surface area (Å²) in [6, 6.07) is 16.0. The number of methoxy groups -OCH3 is 1. The number of amides is 2. The van der Waals surface area contributed by atoms with E-state index in [0.29, 0.717) is 22.6 Å². The van der Waals surface area contributed by atoms with Crippen molar-refractivity contribution in [1.29, 1.82) is 0 Å². The summed E-state index contributed by atoms with van der Waals surface area (Å²) in [5.74, 6) is 0.337. The molecule has 0 fully saturated rings. The van der Waals surface area contributed by atoms with Gasteiger partial charge in [0.25, 0.3) is 5.91 Å². The van der Waals surface area contributed by atoms with Crippen LogP contribution in [0.5, 0.6) is 5.75 Å². The van der Waals surface area contributed by atoms with Crippen molar-refractivity contribution in [3.8, 4) is 5.75 Å². The zero-order valence-corrected chi connectivity index (χ0v) is 15.5. The predicted molar refractivity (Wildman–Crippen MR) is 109 cm³/mol. The zero-order chi connectivity index (χ0) is 19.9. The Morgan fingerprint density at radius 3 is 2.04 bits per heavy atom. The molecule has 3 N–H and O–H groups in total. The highest BCUT2D eigenvalue weighted by Crippen LogP contribution is 2.21. The Bertz CT molecular complexity index is 970. The summed E-state index contributed by atoms with van der Waals surface area (Å²) in [5.41, 5.74) is 3.25. The number of hydrogen-bond donors (Lipinski definition) is 3. The molecular weight excluding hydrogens is 356 g/mol. The van der Waals surface area contributed by atoms with Crippen LogP contribution < -0.4 is 20.7 Å². The van der Waals surface area contributed by atoms with E-state index in [9.17, 15) is 9.59 Å². The maximum absolute atomic E-state index is 12.5. The molecule has 0 aliphatic rings. The standard InChI is InChI=1S/C21H20N4O3/c1-14(26)23-16-3-5-18(6-4-16)25-21(27)15-11-19(13-22-12-15)24-17-7-9-20(28-2)10-8-17/h3-13,24H,1-2H3,(H,23,26)(H,25,27). The molecule has 2 aromatic carbocycles. The van der Waals surface area contributed by atoms with Gasteiger partial charge in [-0.05, 0) is 54.6 Å². The minimum atomic E-state index is -0.279. The Morgan fingerprint density at radius 2 is 1.43 bits per heavy atom. The van der Waals surface area contributed by atoms with Crippen molar-refractivity contribution in [1.82, 2.24) is 4.98 Å². The average molecular weight is 376 g/mol. The summed E-state index contributed by atoms with van der Waals surface area (Å²) < 4.78 is 5.14. The second kappa shape index (κ2) is 8.68. The number of aromatic nitrogens is 1. The van der Waals surface area contributed by atoms with Gasteiger partial charge in [-0.2, -0.15) is 0 Å². The number of hydrogen-bond acceptors (Lipinski definition) is 5. The van der Waals surface area contributed by atoms with E-state index in [1.807, 2.05) is 24.3 Å². The molecule has 0 bridgehead atoms. The van der Waals surface area contributed by atoms with Crippen LogP contribution in [0.3, 0.4) is 0 Å². The van der Waals surface area contributed by atoms with E-state index in [1.54, 1.807) is 43.6 Å². The van der Waals surface area contributed by atoms with Gasteiger partial charge in [-0.25, -0.2) is 0 Å². The van der Waals surface area contributed by atoms with Crippen LogP contribution in [0, 0.1) is 0 Å². The van der Waals surface area contributed by atoms with Crippen molar-refractivity contribution in [2.24, 2.45) is 0 Å². The van der Waals surface area contributed by atoms with Crippen molar-refractivity contribution in [2.45, 2.75) is 6.92 Å². The molecular formula is C21H20N4O3. The predicted octanol–water partition coefficient (Wildman–Crippen LogP) is 4.04. The highest BCUT2D eigenvalue weighted by Gasteiger charge is 2.08. The molecule has 0 unspecified atom stereocenters. The summed E-state index contributed by atoms with van der Waals surface area (Å²) >= 11 is 0. The van der Waals surface area contributed by atoms with Crippen molar-refractivity contribution >= 4 is 34.6 Å². The monoisotopic (exact) mass is 376 g/mol. The SMILES string of the molecule is COc1ccc(Nc2cncc(C(=O)Nc3ccc(NC(C)=O)cc3)c2)cc1. The fourth-order valence-electron chi connectivity index (χ4n) is 2.52. The first-order valence-corrected chi connectivity index (χ1v) is 8.58. The van der Waals surface area contributed by atoms with E-state index in [1.165, 1.54) is 13.1 Å². The van der Waals surface area contributed by atoms with Gasteiger partial charge in [0, 0.05) is 30.2 Å². The van der Waals surface area contributed by atoms with Gasteiger partial charge >= 0.3 is 0 Å². The van der Waals surface area contributed by atoms with E-state index < -0.39 is 0 Å². The summed E-state index contributed by atoms with van der Waals surface area (Å²) in [6.45, 7) is 1.44. The Morgan fingerprint density at radius 1 is 0.821 bits per heavy atom. The number of anilines is 4. The van der Waals surface area contributed by atoms with E-state index in [0.717, 1.165) is 11.4 Å². The van der Waals surface area contributed by atoms with E-state index in [4.69, 9.17) is 4.74 Å². The third-order valence-corrected chi connectivity index (χ3v) is 3.84. The van der Waals surface area contributed by atoms with Crippen LogP contribution >= 0.6 is 0 Å². The second-order valence-corrected chi connectivity index (χ2v) is 6.03. The first kappa shape index (κ1) is 18.9. The molecule has 7 nitrogen and oxygen atoms in total. The van der Waals surface area contributed by atoms with Crippen molar-refractivity contribution in [3.05, 3.63) is 72.6 Å². The minimum Gasteiger partial charge on any atom is -0.497 e. The van der Waals surface area contributed by atoms with Gasteiger partial charge in [-0.3, -0.25) is 14.6 Å². The maximum atomic E-state index is 12.5. The van der Waals surface area contributed by atoms with Crippen LogP contribution in [0.1, 0.15) is 17.3 Å². The molecule has 0 aliphatic carbocycles. The topological polar surface area (TPSA) is 92.3 Å². The number of pyridine rings is 1. The fourth-order valence-corrected chi connectivity index (χ4v) is 2.52. The van der Waals surface area contributed by atoms with Crippen molar-refractivity contribution in [2.75, 3.05) is 23.1 Å². The van der Waals surface area contributed by atoms with Gasteiger partial charge in [0.2, 0.25) is 5.91 Å². The van der Waals surface area contributed by atoms with Crippen LogP contribution in [-0.2, 0) is 4.79 Å². The van der Waals surface area contributed by atoms with Gasteiger partial charge in [-0.1, -0.05) is 0 Å². The molecule has 3 aromatic rings. The second-order valence-electron chi connectivity index (χ2n) is 6.03. The normalized spacial score (nSPS) is 10.1. The van der Waals surface area contributed by atoms with Crippen molar-refractivity contribution in [3.63, 3.8) is 0 Å². The van der Waals surface area contributed by atoms with E-state index in [-0.39, 0.29) is 11.8 Å². The Hall–Kier alpha value is -3.87.